The molecule has 2 atom stereocenters. The number of carbonyl (C=O) groups excluding carboxylic acids is 1. The summed E-state index contributed by atoms with van der Waals surface area (Å²) in [5.74, 6) is -1.44. The van der Waals surface area contributed by atoms with Crippen LogP contribution in [0.4, 0.5) is 13.2 Å². The molecule has 3 nitrogen and oxygen atoms in total. The first-order valence-electron chi connectivity index (χ1n) is 11.6. The van der Waals surface area contributed by atoms with Gasteiger partial charge in [-0.2, -0.15) is 0 Å². The van der Waals surface area contributed by atoms with E-state index >= 15 is 0 Å². The highest BCUT2D eigenvalue weighted by molar-refractivity contribution is 5.79. The van der Waals surface area contributed by atoms with Gasteiger partial charge in [-0.1, -0.05) is 36.4 Å². The third-order valence-electron chi connectivity index (χ3n) is 7.05. The van der Waals surface area contributed by atoms with Gasteiger partial charge in [0.1, 0.15) is 17.5 Å². The topological polar surface area (TPSA) is 32.3 Å². The van der Waals surface area contributed by atoms with Gasteiger partial charge < -0.3 is 10.2 Å². The molecule has 0 aromatic heterocycles. The minimum Gasteiger partial charge on any atom is -0.336 e. The van der Waals surface area contributed by atoms with Crippen molar-refractivity contribution in [1.82, 2.24) is 10.2 Å². The summed E-state index contributed by atoms with van der Waals surface area (Å²) in [4.78, 5) is 15.2. The van der Waals surface area contributed by atoms with Crippen LogP contribution in [0.15, 0.2) is 66.7 Å². The van der Waals surface area contributed by atoms with Crippen LogP contribution in [-0.2, 0) is 10.2 Å². The lowest BCUT2D eigenvalue weighted by Gasteiger charge is -2.44. The minimum atomic E-state index is -0.610. The van der Waals surface area contributed by atoms with Crippen LogP contribution in [0.1, 0.15) is 43.4 Å². The summed E-state index contributed by atoms with van der Waals surface area (Å²) in [6, 6.07) is 17.3. The number of hydrogen-bond acceptors (Lipinski definition) is 2. The largest absolute Gasteiger partial charge is 0.336 e. The third-order valence-corrected chi connectivity index (χ3v) is 7.05. The van der Waals surface area contributed by atoms with E-state index in [-0.39, 0.29) is 23.2 Å². The van der Waals surface area contributed by atoms with Crippen molar-refractivity contribution in [3.05, 3.63) is 95.3 Å². The van der Waals surface area contributed by atoms with Crippen molar-refractivity contribution in [1.29, 1.82) is 0 Å². The second kappa shape index (κ2) is 10.0. The number of nitrogens with one attached hydrogen (secondary N) is 1. The van der Waals surface area contributed by atoms with Gasteiger partial charge in [0.15, 0.2) is 0 Å². The van der Waals surface area contributed by atoms with E-state index in [1.54, 1.807) is 24.3 Å². The molecule has 1 N–H and O–H groups in total. The monoisotopic (exact) mass is 466 g/mol. The zero-order valence-corrected chi connectivity index (χ0v) is 19.5. The van der Waals surface area contributed by atoms with Crippen LogP contribution >= 0.6 is 0 Å². The van der Waals surface area contributed by atoms with Crippen molar-refractivity contribution in [2.45, 2.75) is 37.6 Å². The molecule has 1 heterocycles. The number of nitrogens with zero attached hydrogens (tertiary/aromatic N) is 1. The third kappa shape index (κ3) is 4.87. The Hall–Kier alpha value is -3.12. The Bertz CT molecular complexity index is 1150. The summed E-state index contributed by atoms with van der Waals surface area (Å²) in [5.41, 5.74) is 2.61. The van der Waals surface area contributed by atoms with Gasteiger partial charge in [-0.3, -0.25) is 4.79 Å². The van der Waals surface area contributed by atoms with Crippen LogP contribution in [-0.4, -0.2) is 30.9 Å². The first-order chi connectivity index (χ1) is 16.3. The van der Waals surface area contributed by atoms with E-state index in [9.17, 15) is 18.0 Å². The van der Waals surface area contributed by atoms with Crippen molar-refractivity contribution >= 4 is 5.91 Å². The first-order valence-corrected chi connectivity index (χ1v) is 11.6. The average molecular weight is 467 g/mol. The molecule has 0 bridgehead atoms. The molecule has 3 aromatic carbocycles. The van der Waals surface area contributed by atoms with Gasteiger partial charge in [0.25, 0.3) is 0 Å². The van der Waals surface area contributed by atoms with Crippen LogP contribution in [0, 0.1) is 17.5 Å². The van der Waals surface area contributed by atoms with Gasteiger partial charge in [-0.15, -0.1) is 0 Å². The summed E-state index contributed by atoms with van der Waals surface area (Å²) in [6.45, 7) is 3.35. The fourth-order valence-electron chi connectivity index (χ4n) is 4.96. The van der Waals surface area contributed by atoms with Crippen LogP contribution in [0.25, 0.3) is 11.1 Å². The van der Waals surface area contributed by atoms with Gasteiger partial charge >= 0.3 is 0 Å². The molecular weight excluding hydrogens is 437 g/mol. The highest BCUT2D eigenvalue weighted by Gasteiger charge is 2.41. The molecule has 0 unspecified atom stereocenters. The van der Waals surface area contributed by atoms with E-state index in [0.29, 0.717) is 24.1 Å². The average Bonchev–Trinajstić information content (AvgIpc) is 2.83. The lowest BCUT2D eigenvalue weighted by Crippen LogP contribution is -2.48. The Morgan fingerprint density at radius 2 is 1.65 bits per heavy atom. The minimum absolute atomic E-state index is 0.0628. The number of hydrogen-bond donors (Lipinski definition) is 1. The second-order valence-electron chi connectivity index (χ2n) is 9.08. The Morgan fingerprint density at radius 1 is 0.971 bits per heavy atom. The van der Waals surface area contributed by atoms with E-state index in [1.165, 1.54) is 24.3 Å². The number of carbonyl (C=O) groups is 1. The van der Waals surface area contributed by atoms with Gasteiger partial charge in [0, 0.05) is 30.0 Å². The molecule has 0 spiro atoms. The first kappa shape index (κ1) is 24.0. The van der Waals surface area contributed by atoms with Crippen molar-refractivity contribution in [2.24, 2.45) is 0 Å². The van der Waals surface area contributed by atoms with Crippen molar-refractivity contribution in [2.75, 3.05) is 20.1 Å². The van der Waals surface area contributed by atoms with Gasteiger partial charge in [0.05, 0.1) is 6.04 Å². The molecule has 178 valence electrons. The SMILES string of the molecule is CNCC[C@]1(c2ccc(F)cc2)CCN([C@@H](C)c2ccc(-c3ccc(F)cc3F)cc2)C(=O)C1. The van der Waals surface area contributed by atoms with Crippen molar-refractivity contribution in [3.63, 3.8) is 0 Å². The predicted molar refractivity (Wildman–Crippen MR) is 128 cm³/mol. The molecule has 1 aliphatic rings. The predicted octanol–water partition coefficient (Wildman–Crippen LogP) is 6.00. The molecule has 0 radical (unpaired) electrons. The standard InChI is InChI=1S/C28H29F3N2O/c1-19(20-3-5-21(6-4-20)25-12-11-24(30)17-26(25)31)33-16-14-28(13-15-32-2,18-27(33)34)22-7-9-23(29)10-8-22/h3-12,17,19,32H,13-16,18H2,1-2H3/t19-,28-/m0/s1. The van der Waals surface area contributed by atoms with Crippen LogP contribution in [0.3, 0.4) is 0 Å². The molecule has 4 rings (SSSR count). The fraction of sp³-hybridized carbons (Fsp3) is 0.321. The summed E-state index contributed by atoms with van der Waals surface area (Å²) >= 11 is 0. The number of amides is 1. The fourth-order valence-corrected chi connectivity index (χ4v) is 4.96. The quantitative estimate of drug-likeness (QED) is 0.463. The summed E-state index contributed by atoms with van der Waals surface area (Å²) < 4.78 is 40.9. The van der Waals surface area contributed by atoms with Crippen LogP contribution in [0.2, 0.25) is 0 Å². The maximum Gasteiger partial charge on any atom is 0.223 e. The number of rotatable bonds is 7. The maximum absolute atomic E-state index is 14.1. The number of likely N-dealkylation sites (tertiary alicyclic amines) is 1. The molecule has 1 saturated heterocycles. The molecular formula is C28H29F3N2O. The molecule has 1 aliphatic heterocycles. The Balaban J connectivity index is 1.52. The lowest BCUT2D eigenvalue weighted by molar-refractivity contribution is -0.138. The van der Waals surface area contributed by atoms with Crippen LogP contribution < -0.4 is 5.32 Å². The number of benzene rings is 3. The zero-order valence-electron chi connectivity index (χ0n) is 19.5. The maximum atomic E-state index is 14.1. The van der Waals surface area contributed by atoms with E-state index in [1.807, 2.05) is 31.0 Å². The lowest BCUT2D eigenvalue weighted by atomic mass is 9.70. The number of piperidine rings is 1. The number of halogens is 3. The van der Waals surface area contributed by atoms with E-state index in [0.717, 1.165) is 36.6 Å². The van der Waals surface area contributed by atoms with E-state index < -0.39 is 11.6 Å². The van der Waals surface area contributed by atoms with Gasteiger partial charge in [0.2, 0.25) is 5.91 Å². The second-order valence-corrected chi connectivity index (χ2v) is 9.08. The molecule has 0 saturated carbocycles. The highest BCUT2D eigenvalue weighted by Crippen LogP contribution is 2.41. The Labute approximate surface area is 198 Å². The molecule has 0 aliphatic carbocycles. The van der Waals surface area contributed by atoms with Crippen LogP contribution in [0.5, 0.6) is 0 Å². The smallest absolute Gasteiger partial charge is 0.223 e. The Morgan fingerprint density at radius 3 is 2.26 bits per heavy atom. The Kier molecular flexibility index (Phi) is 7.08. The zero-order chi connectivity index (χ0) is 24.3. The summed E-state index contributed by atoms with van der Waals surface area (Å²) in [6.07, 6.45) is 1.94. The summed E-state index contributed by atoms with van der Waals surface area (Å²) in [5, 5.41) is 3.17. The molecule has 6 heteroatoms. The molecule has 34 heavy (non-hydrogen) atoms. The van der Waals surface area contributed by atoms with Crippen molar-refractivity contribution in [3.8, 4) is 11.1 Å². The van der Waals surface area contributed by atoms with Gasteiger partial charge in [-0.25, -0.2) is 13.2 Å². The molecule has 1 amide bonds. The normalized spacial score (nSPS) is 19.3. The van der Waals surface area contributed by atoms with E-state index in [4.69, 9.17) is 0 Å². The summed E-state index contributed by atoms with van der Waals surface area (Å²) in [7, 11) is 1.89. The molecule has 1 fully saturated rings. The molecule has 3 aromatic rings. The van der Waals surface area contributed by atoms with E-state index in [2.05, 4.69) is 5.32 Å². The van der Waals surface area contributed by atoms with Crippen molar-refractivity contribution < 1.29 is 18.0 Å². The van der Waals surface area contributed by atoms with Gasteiger partial charge in [-0.05, 0) is 74.3 Å². The highest BCUT2D eigenvalue weighted by atomic mass is 19.1.